The number of benzene rings is 1. The fourth-order valence-electron chi connectivity index (χ4n) is 2.90. The molecule has 1 fully saturated rings. The third-order valence-corrected chi connectivity index (χ3v) is 4.24. The molecule has 1 heterocycles. The normalized spacial score (nSPS) is 17.8. The first-order valence-electron chi connectivity index (χ1n) is 8.55. The molecule has 0 bridgehead atoms. The standard InChI is InChI=1S/C18H28N4O3/c1-20-18(21-11-14-4-3-5-16(10-14)17(19)23)22-7-6-15(12-22)13-25-9-8-24-2/h3-5,10,15H,6-9,11-13H2,1-2H3,(H2,19,23)(H,20,21). The van der Waals surface area contributed by atoms with Crippen molar-refractivity contribution in [1.29, 1.82) is 0 Å². The molecule has 0 radical (unpaired) electrons. The van der Waals surface area contributed by atoms with Crippen LogP contribution < -0.4 is 11.1 Å². The van der Waals surface area contributed by atoms with Crippen molar-refractivity contribution in [1.82, 2.24) is 10.2 Å². The molecule has 1 amide bonds. The molecule has 0 aliphatic carbocycles. The van der Waals surface area contributed by atoms with Crippen molar-refractivity contribution < 1.29 is 14.3 Å². The number of rotatable bonds is 8. The summed E-state index contributed by atoms with van der Waals surface area (Å²) in [5, 5.41) is 3.35. The van der Waals surface area contributed by atoms with E-state index in [1.807, 2.05) is 12.1 Å². The van der Waals surface area contributed by atoms with Crippen LogP contribution in [0, 0.1) is 5.92 Å². The fraction of sp³-hybridized carbons (Fsp3) is 0.556. The van der Waals surface area contributed by atoms with E-state index >= 15 is 0 Å². The Labute approximate surface area is 149 Å². The zero-order valence-corrected chi connectivity index (χ0v) is 15.0. The van der Waals surface area contributed by atoms with Gasteiger partial charge < -0.3 is 25.4 Å². The van der Waals surface area contributed by atoms with Gasteiger partial charge in [-0.2, -0.15) is 0 Å². The number of primary amides is 1. The maximum atomic E-state index is 11.3. The Kier molecular flexibility index (Phi) is 7.69. The van der Waals surface area contributed by atoms with E-state index in [9.17, 15) is 4.79 Å². The monoisotopic (exact) mass is 348 g/mol. The van der Waals surface area contributed by atoms with Gasteiger partial charge in [-0.05, 0) is 24.1 Å². The molecule has 1 aromatic carbocycles. The first-order valence-corrected chi connectivity index (χ1v) is 8.55. The molecule has 0 aromatic heterocycles. The van der Waals surface area contributed by atoms with Crippen LogP contribution in [-0.2, 0) is 16.0 Å². The molecule has 1 unspecified atom stereocenters. The minimum absolute atomic E-state index is 0.415. The van der Waals surface area contributed by atoms with Gasteiger partial charge in [0.05, 0.1) is 19.8 Å². The molecule has 1 atom stereocenters. The van der Waals surface area contributed by atoms with Crippen LogP contribution in [0.15, 0.2) is 29.3 Å². The predicted octanol–water partition coefficient (Wildman–Crippen LogP) is 0.846. The Balaban J connectivity index is 1.81. The van der Waals surface area contributed by atoms with Gasteiger partial charge in [-0.15, -0.1) is 0 Å². The second-order valence-corrected chi connectivity index (χ2v) is 6.13. The molecule has 1 aromatic rings. The van der Waals surface area contributed by atoms with Crippen LogP contribution in [0.1, 0.15) is 22.3 Å². The van der Waals surface area contributed by atoms with Crippen molar-refractivity contribution in [3.8, 4) is 0 Å². The number of aliphatic imine (C=N–C) groups is 1. The van der Waals surface area contributed by atoms with Crippen molar-refractivity contribution in [3.63, 3.8) is 0 Å². The van der Waals surface area contributed by atoms with Crippen LogP contribution >= 0.6 is 0 Å². The molecule has 25 heavy (non-hydrogen) atoms. The van der Waals surface area contributed by atoms with Gasteiger partial charge in [0.25, 0.3) is 0 Å². The molecule has 1 saturated heterocycles. The summed E-state index contributed by atoms with van der Waals surface area (Å²) < 4.78 is 10.6. The predicted molar refractivity (Wildman–Crippen MR) is 97.5 cm³/mol. The number of nitrogens with two attached hydrogens (primary N) is 1. The lowest BCUT2D eigenvalue weighted by atomic mass is 10.1. The lowest BCUT2D eigenvalue weighted by Crippen LogP contribution is -2.39. The third kappa shape index (κ3) is 6.03. The van der Waals surface area contributed by atoms with E-state index in [0.717, 1.165) is 37.6 Å². The number of nitrogens with one attached hydrogen (secondary N) is 1. The van der Waals surface area contributed by atoms with E-state index in [-0.39, 0.29) is 0 Å². The van der Waals surface area contributed by atoms with Crippen molar-refractivity contribution >= 4 is 11.9 Å². The number of hydrogen-bond acceptors (Lipinski definition) is 4. The number of hydrogen-bond donors (Lipinski definition) is 2. The number of carbonyl (C=O) groups is 1. The summed E-state index contributed by atoms with van der Waals surface area (Å²) in [7, 11) is 3.46. The largest absolute Gasteiger partial charge is 0.382 e. The van der Waals surface area contributed by atoms with Crippen LogP contribution in [0.4, 0.5) is 0 Å². The molecule has 0 saturated carbocycles. The Hall–Kier alpha value is -2.12. The van der Waals surface area contributed by atoms with E-state index in [1.54, 1.807) is 26.3 Å². The minimum atomic E-state index is -0.415. The fourth-order valence-corrected chi connectivity index (χ4v) is 2.90. The minimum Gasteiger partial charge on any atom is -0.382 e. The highest BCUT2D eigenvalue weighted by Crippen LogP contribution is 2.16. The summed E-state index contributed by atoms with van der Waals surface area (Å²) in [6, 6.07) is 7.32. The first-order chi connectivity index (χ1) is 12.1. The third-order valence-electron chi connectivity index (χ3n) is 4.24. The molecular formula is C18H28N4O3. The number of ether oxygens (including phenoxy) is 2. The Bertz CT molecular complexity index is 591. The maximum Gasteiger partial charge on any atom is 0.248 e. The average molecular weight is 348 g/mol. The van der Waals surface area contributed by atoms with Gasteiger partial charge in [0.15, 0.2) is 5.96 Å². The molecule has 7 nitrogen and oxygen atoms in total. The quantitative estimate of drug-likeness (QED) is 0.413. The second kappa shape index (κ2) is 10.0. The van der Waals surface area contributed by atoms with Crippen LogP contribution in [0.5, 0.6) is 0 Å². The number of methoxy groups -OCH3 is 1. The van der Waals surface area contributed by atoms with E-state index in [1.165, 1.54) is 0 Å². The first kappa shape index (κ1) is 19.2. The zero-order valence-electron chi connectivity index (χ0n) is 15.0. The van der Waals surface area contributed by atoms with E-state index < -0.39 is 5.91 Å². The molecule has 7 heteroatoms. The van der Waals surface area contributed by atoms with Crippen molar-refractivity contribution in [2.24, 2.45) is 16.6 Å². The summed E-state index contributed by atoms with van der Waals surface area (Å²) in [6.07, 6.45) is 1.09. The summed E-state index contributed by atoms with van der Waals surface area (Å²) in [6.45, 7) is 4.49. The highest BCUT2D eigenvalue weighted by Gasteiger charge is 2.24. The van der Waals surface area contributed by atoms with E-state index in [2.05, 4.69) is 15.2 Å². The number of amides is 1. The van der Waals surface area contributed by atoms with Crippen molar-refractivity contribution in [2.45, 2.75) is 13.0 Å². The second-order valence-electron chi connectivity index (χ2n) is 6.13. The van der Waals surface area contributed by atoms with Gasteiger partial charge in [-0.1, -0.05) is 12.1 Å². The number of guanidine groups is 1. The SMILES string of the molecule is CN=C(NCc1cccc(C(N)=O)c1)N1CCC(COCCOC)C1. The van der Waals surface area contributed by atoms with Crippen molar-refractivity contribution in [3.05, 3.63) is 35.4 Å². The smallest absolute Gasteiger partial charge is 0.248 e. The molecule has 1 aliphatic heterocycles. The van der Waals surface area contributed by atoms with Gasteiger partial charge in [0, 0.05) is 45.3 Å². The van der Waals surface area contributed by atoms with Crippen LogP contribution in [0.25, 0.3) is 0 Å². The van der Waals surface area contributed by atoms with Gasteiger partial charge in [0.1, 0.15) is 0 Å². The summed E-state index contributed by atoms with van der Waals surface area (Å²) in [4.78, 5) is 17.9. The van der Waals surface area contributed by atoms with Crippen LogP contribution in [0.2, 0.25) is 0 Å². The molecule has 3 N–H and O–H groups in total. The van der Waals surface area contributed by atoms with Crippen LogP contribution in [0.3, 0.4) is 0 Å². The number of nitrogens with zero attached hydrogens (tertiary/aromatic N) is 2. The molecular weight excluding hydrogens is 320 g/mol. The highest BCUT2D eigenvalue weighted by atomic mass is 16.5. The molecule has 0 spiro atoms. The molecule has 2 rings (SSSR count). The lowest BCUT2D eigenvalue weighted by molar-refractivity contribution is 0.0536. The Morgan fingerprint density at radius 2 is 2.28 bits per heavy atom. The molecule has 1 aliphatic rings. The van der Waals surface area contributed by atoms with Gasteiger partial charge in [-0.3, -0.25) is 9.79 Å². The highest BCUT2D eigenvalue weighted by molar-refractivity contribution is 5.92. The van der Waals surface area contributed by atoms with E-state index in [0.29, 0.717) is 31.2 Å². The Morgan fingerprint density at radius 3 is 3.00 bits per heavy atom. The molecule has 138 valence electrons. The van der Waals surface area contributed by atoms with Crippen molar-refractivity contribution in [2.75, 3.05) is 47.1 Å². The Morgan fingerprint density at radius 1 is 1.44 bits per heavy atom. The maximum absolute atomic E-state index is 11.3. The van der Waals surface area contributed by atoms with E-state index in [4.69, 9.17) is 15.2 Å². The topological polar surface area (TPSA) is 89.2 Å². The number of likely N-dealkylation sites (tertiary alicyclic amines) is 1. The average Bonchev–Trinajstić information content (AvgIpc) is 3.08. The zero-order chi connectivity index (χ0) is 18.1. The van der Waals surface area contributed by atoms with Gasteiger partial charge in [0.2, 0.25) is 5.91 Å². The van der Waals surface area contributed by atoms with Gasteiger partial charge >= 0.3 is 0 Å². The summed E-state index contributed by atoms with van der Waals surface area (Å²) in [5.41, 5.74) is 6.84. The van der Waals surface area contributed by atoms with Gasteiger partial charge in [-0.25, -0.2) is 0 Å². The summed E-state index contributed by atoms with van der Waals surface area (Å²) in [5.74, 6) is 0.958. The number of carbonyl (C=O) groups excluding carboxylic acids is 1. The van der Waals surface area contributed by atoms with Crippen LogP contribution in [-0.4, -0.2) is 63.8 Å². The lowest BCUT2D eigenvalue weighted by Gasteiger charge is -2.22. The summed E-state index contributed by atoms with van der Waals surface area (Å²) >= 11 is 0.